The first-order valence-electron chi connectivity index (χ1n) is 6.66. The maximum Gasteiger partial charge on any atom is 0.137 e. The Balaban J connectivity index is 0. The number of carbonyl (C=O) groups is 2. The van der Waals surface area contributed by atoms with Gasteiger partial charge in [-0.1, -0.05) is 58.0 Å². The van der Waals surface area contributed by atoms with Crippen molar-refractivity contribution in [3.8, 4) is 0 Å². The van der Waals surface area contributed by atoms with Crippen LogP contribution in [-0.2, 0) is 9.59 Å². The highest BCUT2D eigenvalue weighted by Crippen LogP contribution is 2.20. The highest BCUT2D eigenvalue weighted by atomic mass is 16.1. The lowest BCUT2D eigenvalue weighted by atomic mass is 9.91. The van der Waals surface area contributed by atoms with Gasteiger partial charge in [0, 0.05) is 12.3 Å². The van der Waals surface area contributed by atoms with Gasteiger partial charge in [0.25, 0.3) is 0 Å². The largest absolute Gasteiger partial charge is 0.300 e. The molecule has 18 heavy (non-hydrogen) atoms. The standard InChI is InChI=1S/C12H14O2.2C2H6/c1-9(13)8-12(10(2)14)11-6-4-3-5-7-11;2*1-2/h3-7,12H,8H2,1-2H3;2*1-2H3. The molecule has 0 aliphatic heterocycles. The third kappa shape index (κ3) is 7.77. The van der Waals surface area contributed by atoms with Crippen molar-refractivity contribution in [2.75, 3.05) is 0 Å². The maximum absolute atomic E-state index is 11.3. The molecule has 0 fully saturated rings. The molecule has 0 amide bonds. The first kappa shape index (κ1) is 18.9. The molecule has 0 heterocycles. The number of carbonyl (C=O) groups excluding carboxylic acids is 2. The molecular weight excluding hydrogens is 224 g/mol. The highest BCUT2D eigenvalue weighted by molar-refractivity contribution is 5.89. The van der Waals surface area contributed by atoms with E-state index in [-0.39, 0.29) is 17.5 Å². The third-order valence-corrected chi connectivity index (χ3v) is 2.18. The molecule has 0 aliphatic carbocycles. The van der Waals surface area contributed by atoms with E-state index in [9.17, 15) is 9.59 Å². The van der Waals surface area contributed by atoms with Gasteiger partial charge in [-0.25, -0.2) is 0 Å². The average molecular weight is 250 g/mol. The summed E-state index contributed by atoms with van der Waals surface area (Å²) in [6, 6.07) is 9.43. The van der Waals surface area contributed by atoms with Gasteiger partial charge in [0.1, 0.15) is 11.6 Å². The lowest BCUT2D eigenvalue weighted by molar-refractivity contribution is -0.123. The van der Waals surface area contributed by atoms with E-state index in [4.69, 9.17) is 0 Å². The molecule has 0 aliphatic rings. The molecule has 1 rings (SSSR count). The summed E-state index contributed by atoms with van der Waals surface area (Å²) in [5, 5.41) is 0. The van der Waals surface area contributed by atoms with Gasteiger partial charge >= 0.3 is 0 Å². The van der Waals surface area contributed by atoms with Crippen LogP contribution in [0.2, 0.25) is 0 Å². The quantitative estimate of drug-likeness (QED) is 0.794. The molecular formula is C16H26O2. The molecule has 1 unspecified atom stereocenters. The topological polar surface area (TPSA) is 34.1 Å². The number of rotatable bonds is 4. The Hall–Kier alpha value is -1.44. The van der Waals surface area contributed by atoms with Crippen molar-refractivity contribution >= 4 is 11.6 Å². The summed E-state index contributed by atoms with van der Waals surface area (Å²) >= 11 is 0. The Morgan fingerprint density at radius 3 is 1.72 bits per heavy atom. The summed E-state index contributed by atoms with van der Waals surface area (Å²) in [6.45, 7) is 11.0. The van der Waals surface area contributed by atoms with Crippen molar-refractivity contribution in [3.63, 3.8) is 0 Å². The number of Topliss-reactive ketones (excluding diaryl/α,β-unsaturated/α-hetero) is 2. The van der Waals surface area contributed by atoms with E-state index in [0.717, 1.165) is 5.56 Å². The molecule has 0 aromatic heterocycles. The predicted molar refractivity (Wildman–Crippen MR) is 77.9 cm³/mol. The van der Waals surface area contributed by atoms with Crippen LogP contribution >= 0.6 is 0 Å². The van der Waals surface area contributed by atoms with Gasteiger partial charge < -0.3 is 0 Å². The van der Waals surface area contributed by atoms with Crippen LogP contribution in [-0.4, -0.2) is 11.6 Å². The summed E-state index contributed by atoms with van der Waals surface area (Å²) in [7, 11) is 0. The minimum Gasteiger partial charge on any atom is -0.300 e. The van der Waals surface area contributed by atoms with Crippen molar-refractivity contribution in [2.24, 2.45) is 0 Å². The van der Waals surface area contributed by atoms with E-state index in [0.29, 0.717) is 6.42 Å². The third-order valence-electron chi connectivity index (χ3n) is 2.18. The molecule has 0 N–H and O–H groups in total. The average Bonchev–Trinajstić information content (AvgIpc) is 2.41. The fourth-order valence-corrected chi connectivity index (χ4v) is 1.47. The van der Waals surface area contributed by atoms with Crippen LogP contribution in [0.25, 0.3) is 0 Å². The fourth-order valence-electron chi connectivity index (χ4n) is 1.47. The van der Waals surface area contributed by atoms with E-state index < -0.39 is 0 Å². The molecule has 2 nitrogen and oxygen atoms in total. The van der Waals surface area contributed by atoms with Crippen LogP contribution in [0.3, 0.4) is 0 Å². The first-order chi connectivity index (χ1) is 8.61. The smallest absolute Gasteiger partial charge is 0.137 e. The Kier molecular flexibility index (Phi) is 12.6. The first-order valence-corrected chi connectivity index (χ1v) is 6.66. The molecule has 0 saturated carbocycles. The lowest BCUT2D eigenvalue weighted by Gasteiger charge is -2.11. The summed E-state index contributed by atoms with van der Waals surface area (Å²) in [6.07, 6.45) is 0.305. The zero-order chi connectivity index (χ0) is 14.6. The predicted octanol–water partition coefficient (Wildman–Crippen LogP) is 4.39. The lowest BCUT2D eigenvalue weighted by Crippen LogP contribution is -2.12. The molecule has 0 spiro atoms. The van der Waals surface area contributed by atoms with E-state index in [1.54, 1.807) is 0 Å². The van der Waals surface area contributed by atoms with Crippen molar-refractivity contribution in [1.82, 2.24) is 0 Å². The van der Waals surface area contributed by atoms with Gasteiger partial charge in [-0.15, -0.1) is 0 Å². The van der Waals surface area contributed by atoms with Gasteiger partial charge in [-0.05, 0) is 19.4 Å². The second-order valence-electron chi connectivity index (χ2n) is 3.48. The zero-order valence-corrected chi connectivity index (χ0v) is 12.5. The summed E-state index contributed by atoms with van der Waals surface area (Å²) in [5.41, 5.74) is 0.926. The van der Waals surface area contributed by atoms with Crippen molar-refractivity contribution in [1.29, 1.82) is 0 Å². The summed E-state index contributed by atoms with van der Waals surface area (Å²) in [4.78, 5) is 22.3. The van der Waals surface area contributed by atoms with Gasteiger partial charge in [-0.3, -0.25) is 9.59 Å². The second-order valence-corrected chi connectivity index (χ2v) is 3.48. The number of benzene rings is 1. The van der Waals surface area contributed by atoms with E-state index >= 15 is 0 Å². The van der Waals surface area contributed by atoms with E-state index in [1.807, 2.05) is 58.0 Å². The van der Waals surface area contributed by atoms with Crippen LogP contribution in [0.1, 0.15) is 59.4 Å². The van der Waals surface area contributed by atoms with Gasteiger partial charge in [0.15, 0.2) is 0 Å². The SMILES string of the molecule is CC.CC.CC(=O)CC(C(C)=O)c1ccccc1. The molecule has 2 heteroatoms. The molecule has 1 aromatic rings. The van der Waals surface area contributed by atoms with Crippen LogP contribution in [0, 0.1) is 0 Å². The van der Waals surface area contributed by atoms with Crippen LogP contribution in [0.5, 0.6) is 0 Å². The second kappa shape index (κ2) is 12.0. The molecule has 0 saturated heterocycles. The number of hydrogen-bond acceptors (Lipinski definition) is 2. The monoisotopic (exact) mass is 250 g/mol. The number of hydrogen-bond donors (Lipinski definition) is 0. The van der Waals surface area contributed by atoms with Crippen LogP contribution < -0.4 is 0 Å². The summed E-state index contributed by atoms with van der Waals surface area (Å²) < 4.78 is 0. The van der Waals surface area contributed by atoms with Crippen molar-refractivity contribution in [3.05, 3.63) is 35.9 Å². The molecule has 1 aromatic carbocycles. The Morgan fingerprint density at radius 1 is 0.944 bits per heavy atom. The van der Waals surface area contributed by atoms with E-state index in [1.165, 1.54) is 13.8 Å². The van der Waals surface area contributed by atoms with E-state index in [2.05, 4.69) is 0 Å². The molecule has 102 valence electrons. The fraction of sp³-hybridized carbons (Fsp3) is 0.500. The van der Waals surface area contributed by atoms with Crippen molar-refractivity contribution in [2.45, 2.75) is 53.9 Å². The molecule has 1 atom stereocenters. The summed E-state index contributed by atoms with van der Waals surface area (Å²) in [5.74, 6) is -0.172. The molecule has 0 bridgehead atoms. The van der Waals surface area contributed by atoms with Gasteiger partial charge in [0.2, 0.25) is 0 Å². The van der Waals surface area contributed by atoms with Gasteiger partial charge in [0.05, 0.1) is 0 Å². The van der Waals surface area contributed by atoms with Gasteiger partial charge in [-0.2, -0.15) is 0 Å². The van der Waals surface area contributed by atoms with Crippen LogP contribution in [0.15, 0.2) is 30.3 Å². The normalized spacial score (nSPS) is 10.1. The van der Waals surface area contributed by atoms with Crippen LogP contribution in [0.4, 0.5) is 0 Å². The molecule has 0 radical (unpaired) electrons. The Labute approximate surface area is 111 Å². The Morgan fingerprint density at radius 2 is 1.39 bits per heavy atom. The highest BCUT2D eigenvalue weighted by Gasteiger charge is 2.17. The minimum atomic E-state index is -0.270. The van der Waals surface area contributed by atoms with Crippen molar-refractivity contribution < 1.29 is 9.59 Å². The zero-order valence-electron chi connectivity index (χ0n) is 12.5. The number of ketones is 2. The minimum absolute atomic E-state index is 0.0476. The Bertz CT molecular complexity index is 328. The maximum atomic E-state index is 11.3.